The molecule has 1 atom stereocenters. The van der Waals surface area contributed by atoms with Crippen LogP contribution in [-0.4, -0.2) is 22.9 Å². The Morgan fingerprint density at radius 2 is 2.19 bits per heavy atom. The van der Waals surface area contributed by atoms with E-state index in [4.69, 9.17) is 0 Å². The number of unbranched alkanes of at least 4 members (excludes halogenated alkanes) is 2. The monoisotopic (exact) mass is 278 g/mol. The first-order chi connectivity index (χ1) is 10.3. The van der Waals surface area contributed by atoms with Crippen molar-refractivity contribution in [1.29, 1.82) is 0 Å². The van der Waals surface area contributed by atoms with Gasteiger partial charge in [0.2, 0.25) is 5.71 Å². The normalized spacial score (nSPS) is 19.7. The number of benzene rings is 1. The highest BCUT2D eigenvalue weighted by molar-refractivity contribution is 6.11. The summed E-state index contributed by atoms with van der Waals surface area (Å²) in [6.45, 7) is 11.4. The summed E-state index contributed by atoms with van der Waals surface area (Å²) in [4.78, 5) is 0. The number of fused-ring (bicyclic) bond motifs is 1. The standard InChI is InChI=1S/C20H24N/c1-4-6-7-8-13-21-18(10-5-2)17-12-9-11-16-14-19(21)15(3)20(16)17/h4-5,9-12,19H,1,3,6-8,13-14H2,2H3/q+1/b10-5-. The second-order valence-corrected chi connectivity index (χ2v) is 5.95. The van der Waals surface area contributed by atoms with E-state index >= 15 is 0 Å². The zero-order valence-electron chi connectivity index (χ0n) is 12.9. The summed E-state index contributed by atoms with van der Waals surface area (Å²) in [5.41, 5.74) is 6.95. The van der Waals surface area contributed by atoms with Crippen LogP contribution in [0, 0.1) is 0 Å². The van der Waals surface area contributed by atoms with E-state index < -0.39 is 0 Å². The van der Waals surface area contributed by atoms with Crippen LogP contribution in [0.2, 0.25) is 0 Å². The maximum absolute atomic E-state index is 4.38. The van der Waals surface area contributed by atoms with Crippen molar-refractivity contribution >= 4 is 11.3 Å². The molecule has 2 bridgehead atoms. The van der Waals surface area contributed by atoms with Crippen LogP contribution in [0.5, 0.6) is 0 Å². The largest absolute Gasteiger partial charge is 0.222 e. The molecule has 0 N–H and O–H groups in total. The molecule has 1 nitrogen and oxygen atoms in total. The zero-order valence-corrected chi connectivity index (χ0v) is 12.9. The van der Waals surface area contributed by atoms with Crippen LogP contribution in [0.25, 0.3) is 5.57 Å². The molecule has 108 valence electrons. The van der Waals surface area contributed by atoms with Crippen molar-refractivity contribution in [3.63, 3.8) is 0 Å². The van der Waals surface area contributed by atoms with Crippen molar-refractivity contribution in [3.8, 4) is 0 Å². The summed E-state index contributed by atoms with van der Waals surface area (Å²) in [5, 5.41) is 0. The third kappa shape index (κ3) is 2.31. The van der Waals surface area contributed by atoms with Gasteiger partial charge in [-0.15, -0.1) is 6.58 Å². The minimum absolute atomic E-state index is 0.463. The van der Waals surface area contributed by atoms with Gasteiger partial charge < -0.3 is 0 Å². The Balaban J connectivity index is 1.99. The Labute approximate surface area is 128 Å². The first-order valence-corrected chi connectivity index (χ1v) is 7.96. The molecule has 0 saturated carbocycles. The predicted octanol–water partition coefficient (Wildman–Crippen LogP) is 4.37. The highest BCUT2D eigenvalue weighted by atomic mass is 15.1. The van der Waals surface area contributed by atoms with Crippen molar-refractivity contribution in [1.82, 2.24) is 0 Å². The number of rotatable bonds is 6. The van der Waals surface area contributed by atoms with E-state index in [0.717, 1.165) is 19.4 Å². The van der Waals surface area contributed by atoms with Crippen LogP contribution < -0.4 is 0 Å². The quantitative estimate of drug-likeness (QED) is 0.413. The Kier molecular flexibility index (Phi) is 3.92. The molecule has 3 rings (SSSR count). The van der Waals surface area contributed by atoms with Gasteiger partial charge in [-0.2, -0.15) is 0 Å². The molecule has 2 aliphatic rings. The van der Waals surface area contributed by atoms with Gasteiger partial charge in [0, 0.05) is 30.1 Å². The van der Waals surface area contributed by atoms with Gasteiger partial charge in [0.05, 0.1) is 5.56 Å². The summed E-state index contributed by atoms with van der Waals surface area (Å²) in [6, 6.07) is 7.16. The molecule has 0 saturated heterocycles. The second-order valence-electron chi connectivity index (χ2n) is 5.95. The van der Waals surface area contributed by atoms with Crippen LogP contribution in [0.4, 0.5) is 0 Å². The zero-order chi connectivity index (χ0) is 14.8. The van der Waals surface area contributed by atoms with Gasteiger partial charge in [-0.25, -0.2) is 4.58 Å². The Hall–Kier alpha value is -1.89. The molecular weight excluding hydrogens is 254 g/mol. The summed E-state index contributed by atoms with van der Waals surface area (Å²) in [7, 11) is 0. The summed E-state index contributed by atoms with van der Waals surface area (Å²) in [6.07, 6.45) is 11.1. The first kappa shape index (κ1) is 14.1. The van der Waals surface area contributed by atoms with Crippen LogP contribution in [0.3, 0.4) is 0 Å². The minimum Gasteiger partial charge on any atom is -0.222 e. The average Bonchev–Trinajstić information content (AvgIpc) is 2.79. The molecule has 1 heteroatoms. The van der Waals surface area contributed by atoms with Crippen molar-refractivity contribution in [2.75, 3.05) is 6.54 Å². The molecular formula is C20H24N+. The number of hydrogen-bond acceptors (Lipinski definition) is 0. The van der Waals surface area contributed by atoms with E-state index in [0.29, 0.717) is 6.04 Å². The maximum Gasteiger partial charge on any atom is 0.208 e. The molecule has 0 amide bonds. The van der Waals surface area contributed by atoms with E-state index in [2.05, 4.69) is 55.0 Å². The average molecular weight is 278 g/mol. The Morgan fingerprint density at radius 3 is 2.95 bits per heavy atom. The Morgan fingerprint density at radius 1 is 1.33 bits per heavy atom. The summed E-state index contributed by atoms with van der Waals surface area (Å²) >= 11 is 0. The molecule has 0 radical (unpaired) electrons. The van der Waals surface area contributed by atoms with Crippen molar-refractivity contribution < 1.29 is 4.58 Å². The number of nitrogens with zero attached hydrogens (tertiary/aromatic N) is 1. The van der Waals surface area contributed by atoms with Crippen LogP contribution in [0.15, 0.2) is 49.6 Å². The van der Waals surface area contributed by atoms with E-state index in [9.17, 15) is 0 Å². The number of allylic oxidation sites excluding steroid dienone is 3. The molecule has 0 aromatic heterocycles. The van der Waals surface area contributed by atoms with E-state index in [1.165, 1.54) is 40.8 Å². The van der Waals surface area contributed by atoms with E-state index in [1.807, 2.05) is 6.08 Å². The second kappa shape index (κ2) is 5.85. The topological polar surface area (TPSA) is 3.01 Å². The molecule has 1 aliphatic heterocycles. The summed E-state index contributed by atoms with van der Waals surface area (Å²) < 4.78 is 2.57. The fourth-order valence-electron chi connectivity index (χ4n) is 3.67. The molecule has 1 unspecified atom stereocenters. The van der Waals surface area contributed by atoms with Crippen LogP contribution in [-0.2, 0) is 6.42 Å². The Bertz CT molecular complexity index is 646. The van der Waals surface area contributed by atoms with Crippen LogP contribution >= 0.6 is 0 Å². The lowest BCUT2D eigenvalue weighted by atomic mass is 9.93. The highest BCUT2D eigenvalue weighted by Gasteiger charge is 2.41. The first-order valence-electron chi connectivity index (χ1n) is 7.96. The molecule has 0 fully saturated rings. The highest BCUT2D eigenvalue weighted by Crippen LogP contribution is 2.39. The van der Waals surface area contributed by atoms with Gasteiger partial charge in [-0.05, 0) is 31.4 Å². The van der Waals surface area contributed by atoms with Gasteiger partial charge >= 0.3 is 0 Å². The van der Waals surface area contributed by atoms with Crippen molar-refractivity contribution in [2.24, 2.45) is 0 Å². The van der Waals surface area contributed by atoms with Gasteiger partial charge in [0.25, 0.3) is 0 Å². The lowest BCUT2D eigenvalue weighted by Crippen LogP contribution is -2.35. The molecule has 1 aromatic carbocycles. The van der Waals surface area contributed by atoms with Crippen LogP contribution in [0.1, 0.15) is 42.9 Å². The van der Waals surface area contributed by atoms with Crippen molar-refractivity contribution in [2.45, 2.75) is 38.6 Å². The van der Waals surface area contributed by atoms with Crippen molar-refractivity contribution in [3.05, 3.63) is 66.3 Å². The minimum atomic E-state index is 0.463. The maximum atomic E-state index is 4.38. The lowest BCUT2D eigenvalue weighted by Gasteiger charge is -2.20. The smallest absolute Gasteiger partial charge is 0.208 e. The molecule has 1 aliphatic carbocycles. The molecule has 0 spiro atoms. The third-order valence-electron chi connectivity index (χ3n) is 4.63. The fraction of sp³-hybridized carbons (Fsp3) is 0.350. The summed E-state index contributed by atoms with van der Waals surface area (Å²) in [5.74, 6) is 0. The van der Waals surface area contributed by atoms with Gasteiger partial charge in [0.15, 0.2) is 6.04 Å². The molecule has 1 aromatic rings. The molecule has 21 heavy (non-hydrogen) atoms. The van der Waals surface area contributed by atoms with E-state index in [-0.39, 0.29) is 0 Å². The van der Waals surface area contributed by atoms with Gasteiger partial charge in [0.1, 0.15) is 6.54 Å². The lowest BCUT2D eigenvalue weighted by molar-refractivity contribution is -0.550. The fourth-order valence-corrected chi connectivity index (χ4v) is 3.67. The third-order valence-corrected chi connectivity index (χ3v) is 4.63. The van der Waals surface area contributed by atoms with E-state index in [1.54, 1.807) is 0 Å². The van der Waals surface area contributed by atoms with Gasteiger partial charge in [-0.1, -0.05) is 30.9 Å². The molecule has 1 heterocycles. The predicted molar refractivity (Wildman–Crippen MR) is 91.1 cm³/mol. The number of hydrogen-bond donors (Lipinski definition) is 0. The SMILES string of the molecule is C=CCCCC[N+]1=C(/C=C\C)c2cccc3c2C(=C)C1C3. The van der Waals surface area contributed by atoms with Gasteiger partial charge in [-0.3, -0.25) is 0 Å².